The molecule has 0 unspecified atom stereocenters. The topological polar surface area (TPSA) is 123 Å². The Kier molecular flexibility index (Phi) is 4.52. The second kappa shape index (κ2) is 6.73. The zero-order chi connectivity index (χ0) is 15.1. The molecule has 0 saturated heterocycles. The number of aromatic nitrogens is 2. The fraction of sp³-hybridized carbons (Fsp3) is 0.143. The molecule has 0 amide bonds. The van der Waals surface area contributed by atoms with E-state index >= 15 is 0 Å². The van der Waals surface area contributed by atoms with Crippen molar-refractivity contribution in [2.45, 2.75) is 6.42 Å². The van der Waals surface area contributed by atoms with Gasteiger partial charge in [0.2, 0.25) is 5.95 Å². The van der Waals surface area contributed by atoms with Gasteiger partial charge in [-0.05, 0) is 12.0 Å². The van der Waals surface area contributed by atoms with Crippen LogP contribution >= 0.6 is 0 Å². The van der Waals surface area contributed by atoms with Crippen molar-refractivity contribution < 1.29 is 0 Å². The summed E-state index contributed by atoms with van der Waals surface area (Å²) in [5, 5.41) is 23.0. The van der Waals surface area contributed by atoms with Crippen molar-refractivity contribution in [3.8, 4) is 12.3 Å². The fourth-order valence-corrected chi connectivity index (χ4v) is 1.79. The summed E-state index contributed by atoms with van der Waals surface area (Å²) >= 11 is 0. The highest BCUT2D eigenvalue weighted by Gasteiger charge is 2.11. The maximum absolute atomic E-state index is 9.10. The molecule has 1 aromatic heterocycles. The molecular formula is C14H13N7. The second-order valence-electron chi connectivity index (χ2n) is 4.17. The van der Waals surface area contributed by atoms with Gasteiger partial charge in [0, 0.05) is 6.54 Å². The highest BCUT2D eigenvalue weighted by Crippen LogP contribution is 2.19. The van der Waals surface area contributed by atoms with E-state index in [1.165, 1.54) is 5.56 Å². The summed E-state index contributed by atoms with van der Waals surface area (Å²) in [7, 11) is 0. The van der Waals surface area contributed by atoms with Crippen LogP contribution in [-0.2, 0) is 6.42 Å². The highest BCUT2D eigenvalue weighted by molar-refractivity contribution is 5.65. The zero-order valence-electron chi connectivity index (χ0n) is 11.2. The monoisotopic (exact) mass is 279 g/mol. The van der Waals surface area contributed by atoms with Gasteiger partial charge in [-0.3, -0.25) is 5.32 Å². The van der Waals surface area contributed by atoms with Crippen LogP contribution in [0.2, 0.25) is 0 Å². The van der Waals surface area contributed by atoms with E-state index in [9.17, 15) is 0 Å². The minimum absolute atomic E-state index is 0.0347. The normalized spacial score (nSPS) is 9.43. The Morgan fingerprint density at radius 1 is 1.14 bits per heavy atom. The number of rotatable bonds is 5. The second-order valence-corrected chi connectivity index (χ2v) is 4.17. The Balaban J connectivity index is 2.11. The van der Waals surface area contributed by atoms with Gasteiger partial charge in [0.1, 0.15) is 17.5 Å². The lowest BCUT2D eigenvalue weighted by Crippen LogP contribution is -2.12. The highest BCUT2D eigenvalue weighted by atomic mass is 15.2. The number of nitrogens with one attached hydrogen (secondary N) is 2. The standard InChI is InChI=1S/C14H13N7/c15-8-11-12(17)20-14(19-9-16)21-13(11)18-7-6-10-4-2-1-3-5-10/h1-5H,6-7H2,(H4,17,18,19,20,21). The molecule has 0 aliphatic rings. The number of nitrogens with zero attached hydrogens (tertiary/aromatic N) is 4. The van der Waals surface area contributed by atoms with Gasteiger partial charge in [0.25, 0.3) is 0 Å². The predicted octanol–water partition coefficient (Wildman–Crippen LogP) is 1.48. The molecule has 0 spiro atoms. The Bertz CT molecular complexity index is 698. The van der Waals surface area contributed by atoms with Crippen LogP contribution in [0.3, 0.4) is 0 Å². The first-order chi connectivity index (χ1) is 10.2. The number of benzene rings is 1. The van der Waals surface area contributed by atoms with Gasteiger partial charge < -0.3 is 11.1 Å². The summed E-state index contributed by atoms with van der Waals surface area (Å²) in [6.45, 7) is 0.584. The molecule has 7 heteroatoms. The SMILES string of the molecule is N#CNc1nc(N)c(C#N)c(NCCc2ccccc2)n1. The number of nitrogen functional groups attached to an aromatic ring is 1. The van der Waals surface area contributed by atoms with Crippen molar-refractivity contribution in [1.82, 2.24) is 9.97 Å². The summed E-state index contributed by atoms with van der Waals surface area (Å²) < 4.78 is 0. The van der Waals surface area contributed by atoms with Crippen LogP contribution in [-0.4, -0.2) is 16.5 Å². The Morgan fingerprint density at radius 3 is 2.57 bits per heavy atom. The third-order valence-electron chi connectivity index (χ3n) is 2.77. The van der Waals surface area contributed by atoms with Gasteiger partial charge in [-0.1, -0.05) is 30.3 Å². The smallest absolute Gasteiger partial charge is 0.240 e. The molecule has 4 N–H and O–H groups in total. The summed E-state index contributed by atoms with van der Waals surface area (Å²) in [6, 6.07) is 11.9. The summed E-state index contributed by atoms with van der Waals surface area (Å²) in [5.74, 6) is 0.419. The number of hydrogen-bond acceptors (Lipinski definition) is 7. The molecule has 104 valence electrons. The molecule has 0 fully saturated rings. The predicted molar refractivity (Wildman–Crippen MR) is 79.0 cm³/mol. The van der Waals surface area contributed by atoms with Crippen molar-refractivity contribution >= 4 is 17.6 Å². The number of nitriles is 2. The zero-order valence-corrected chi connectivity index (χ0v) is 11.2. The van der Waals surface area contributed by atoms with Crippen molar-refractivity contribution in [3.63, 3.8) is 0 Å². The van der Waals surface area contributed by atoms with Crippen LogP contribution in [0.4, 0.5) is 17.6 Å². The van der Waals surface area contributed by atoms with Crippen LogP contribution < -0.4 is 16.4 Å². The quantitative estimate of drug-likeness (QED) is 0.559. The molecule has 2 rings (SSSR count). The molecule has 2 aromatic rings. The van der Waals surface area contributed by atoms with E-state index in [0.29, 0.717) is 12.4 Å². The lowest BCUT2D eigenvalue weighted by atomic mass is 10.1. The fourth-order valence-electron chi connectivity index (χ4n) is 1.79. The van der Waals surface area contributed by atoms with Gasteiger partial charge in [0.15, 0.2) is 12.0 Å². The summed E-state index contributed by atoms with van der Waals surface area (Å²) in [5.41, 5.74) is 7.02. The maximum atomic E-state index is 9.10. The Labute approximate surface area is 122 Å². The van der Waals surface area contributed by atoms with E-state index in [-0.39, 0.29) is 17.3 Å². The Morgan fingerprint density at radius 2 is 1.90 bits per heavy atom. The molecule has 0 saturated carbocycles. The largest absolute Gasteiger partial charge is 0.382 e. The van der Waals surface area contributed by atoms with Gasteiger partial charge in [-0.25, -0.2) is 0 Å². The van der Waals surface area contributed by atoms with Crippen molar-refractivity contribution in [1.29, 1.82) is 10.5 Å². The maximum Gasteiger partial charge on any atom is 0.240 e. The van der Waals surface area contributed by atoms with Crippen LogP contribution in [0.25, 0.3) is 0 Å². The first-order valence-corrected chi connectivity index (χ1v) is 6.25. The minimum atomic E-state index is 0.0347. The molecule has 0 bridgehead atoms. The van der Waals surface area contributed by atoms with Gasteiger partial charge in [0.05, 0.1) is 0 Å². The van der Waals surface area contributed by atoms with E-state index in [0.717, 1.165) is 6.42 Å². The average Bonchev–Trinajstić information content (AvgIpc) is 2.48. The molecule has 1 heterocycles. The van der Waals surface area contributed by atoms with E-state index in [2.05, 4.69) is 20.6 Å². The molecule has 0 atom stereocenters. The van der Waals surface area contributed by atoms with Gasteiger partial charge in [-0.2, -0.15) is 20.5 Å². The van der Waals surface area contributed by atoms with E-state index in [1.54, 1.807) is 6.19 Å². The first kappa shape index (κ1) is 14.1. The average molecular weight is 279 g/mol. The molecular weight excluding hydrogens is 266 g/mol. The van der Waals surface area contributed by atoms with Crippen LogP contribution in [0.15, 0.2) is 30.3 Å². The molecule has 21 heavy (non-hydrogen) atoms. The van der Waals surface area contributed by atoms with Crippen molar-refractivity contribution in [2.24, 2.45) is 0 Å². The third-order valence-corrected chi connectivity index (χ3v) is 2.77. The first-order valence-electron chi connectivity index (χ1n) is 6.25. The molecule has 7 nitrogen and oxygen atoms in total. The van der Waals surface area contributed by atoms with Gasteiger partial charge in [-0.15, -0.1) is 0 Å². The van der Waals surface area contributed by atoms with E-state index in [4.69, 9.17) is 16.3 Å². The van der Waals surface area contributed by atoms with Crippen LogP contribution in [0.5, 0.6) is 0 Å². The number of hydrogen-bond donors (Lipinski definition) is 3. The molecule has 0 aliphatic heterocycles. The van der Waals surface area contributed by atoms with E-state index < -0.39 is 0 Å². The van der Waals surface area contributed by atoms with Crippen LogP contribution in [0, 0.1) is 22.8 Å². The molecule has 0 radical (unpaired) electrons. The van der Waals surface area contributed by atoms with E-state index in [1.807, 2.05) is 36.4 Å². The third kappa shape index (κ3) is 3.58. The minimum Gasteiger partial charge on any atom is -0.382 e. The van der Waals surface area contributed by atoms with Crippen molar-refractivity contribution in [2.75, 3.05) is 22.9 Å². The van der Waals surface area contributed by atoms with Crippen molar-refractivity contribution in [3.05, 3.63) is 41.5 Å². The molecule has 0 aliphatic carbocycles. The molecule has 1 aromatic carbocycles. The number of nitrogens with two attached hydrogens (primary N) is 1. The Hall–Kier alpha value is -3.32. The lowest BCUT2D eigenvalue weighted by molar-refractivity contribution is 0.999. The lowest BCUT2D eigenvalue weighted by Gasteiger charge is -2.09. The van der Waals surface area contributed by atoms with Crippen LogP contribution in [0.1, 0.15) is 11.1 Å². The summed E-state index contributed by atoms with van der Waals surface area (Å²) in [6.07, 6.45) is 2.49. The van der Waals surface area contributed by atoms with Gasteiger partial charge >= 0.3 is 0 Å². The summed E-state index contributed by atoms with van der Waals surface area (Å²) in [4.78, 5) is 7.90. The number of anilines is 3.